The minimum atomic E-state index is -0.0752. The zero-order valence-electron chi connectivity index (χ0n) is 12.3. The van der Waals surface area contributed by atoms with Gasteiger partial charge in [0.2, 0.25) is 0 Å². The van der Waals surface area contributed by atoms with Crippen molar-refractivity contribution in [3.05, 3.63) is 23.8 Å². The van der Waals surface area contributed by atoms with Gasteiger partial charge in [0, 0.05) is 20.1 Å². The lowest BCUT2D eigenvalue weighted by Gasteiger charge is -2.12. The van der Waals surface area contributed by atoms with Gasteiger partial charge in [-0.25, -0.2) is 0 Å². The van der Waals surface area contributed by atoms with Crippen molar-refractivity contribution < 1.29 is 23.7 Å². The maximum absolute atomic E-state index is 11.7. The molecule has 0 atom stereocenters. The van der Waals surface area contributed by atoms with Crippen molar-refractivity contribution in [1.29, 1.82) is 0 Å². The molecule has 0 aliphatic rings. The second kappa shape index (κ2) is 9.34. The average molecular weight is 282 g/mol. The van der Waals surface area contributed by atoms with Crippen molar-refractivity contribution >= 4 is 5.78 Å². The number of methoxy groups -OCH3 is 2. The summed E-state index contributed by atoms with van der Waals surface area (Å²) in [6, 6.07) is 5.32. The molecule has 0 saturated heterocycles. The molecule has 0 unspecified atom stereocenters. The maximum atomic E-state index is 11.7. The molecule has 0 heterocycles. The predicted molar refractivity (Wildman–Crippen MR) is 75.8 cm³/mol. The van der Waals surface area contributed by atoms with Crippen molar-refractivity contribution in [2.75, 3.05) is 40.6 Å². The molecule has 0 amide bonds. The van der Waals surface area contributed by atoms with Gasteiger partial charge in [-0.1, -0.05) is 6.07 Å². The van der Waals surface area contributed by atoms with E-state index in [1.165, 1.54) is 14.0 Å². The highest BCUT2D eigenvalue weighted by atomic mass is 16.5. The van der Waals surface area contributed by atoms with Gasteiger partial charge in [0.1, 0.15) is 17.1 Å². The Morgan fingerprint density at radius 1 is 1.05 bits per heavy atom. The first kappa shape index (κ1) is 16.5. The van der Waals surface area contributed by atoms with E-state index in [2.05, 4.69) is 0 Å². The van der Waals surface area contributed by atoms with E-state index in [1.807, 2.05) is 0 Å². The van der Waals surface area contributed by atoms with Crippen molar-refractivity contribution in [1.82, 2.24) is 0 Å². The summed E-state index contributed by atoms with van der Waals surface area (Å²) in [4.78, 5) is 11.7. The van der Waals surface area contributed by atoms with E-state index in [0.717, 1.165) is 6.42 Å². The molecule has 0 bridgehead atoms. The van der Waals surface area contributed by atoms with Crippen LogP contribution < -0.4 is 9.47 Å². The number of Topliss-reactive ketones (excluding diaryl/α,β-unsaturated/α-hetero) is 1. The fraction of sp³-hybridized carbons (Fsp3) is 0.533. The molecule has 1 aromatic carbocycles. The normalized spacial score (nSPS) is 10.3. The van der Waals surface area contributed by atoms with Gasteiger partial charge < -0.3 is 18.9 Å². The third-order valence-corrected chi connectivity index (χ3v) is 2.68. The fourth-order valence-electron chi connectivity index (χ4n) is 1.74. The first-order valence-corrected chi connectivity index (χ1v) is 6.58. The summed E-state index contributed by atoms with van der Waals surface area (Å²) in [7, 11) is 3.17. The Morgan fingerprint density at radius 2 is 1.80 bits per heavy atom. The molecular formula is C15H22O5. The lowest BCUT2D eigenvalue weighted by molar-refractivity contribution is 0.0643. The second-order valence-corrected chi connectivity index (χ2v) is 4.20. The number of hydrogen-bond donors (Lipinski definition) is 0. The summed E-state index contributed by atoms with van der Waals surface area (Å²) < 4.78 is 21.0. The van der Waals surface area contributed by atoms with Crippen LogP contribution in [0, 0.1) is 0 Å². The molecule has 5 nitrogen and oxygen atoms in total. The third kappa shape index (κ3) is 5.19. The summed E-state index contributed by atoms with van der Waals surface area (Å²) in [5, 5.41) is 0. The van der Waals surface area contributed by atoms with E-state index in [9.17, 15) is 4.79 Å². The van der Waals surface area contributed by atoms with Crippen LogP contribution in [0.25, 0.3) is 0 Å². The van der Waals surface area contributed by atoms with Crippen LogP contribution in [0.1, 0.15) is 23.7 Å². The van der Waals surface area contributed by atoms with Crippen molar-refractivity contribution in [2.24, 2.45) is 0 Å². The van der Waals surface area contributed by atoms with Crippen LogP contribution in [0.5, 0.6) is 11.5 Å². The monoisotopic (exact) mass is 282 g/mol. The average Bonchev–Trinajstić information content (AvgIpc) is 2.45. The van der Waals surface area contributed by atoms with Crippen LogP contribution in [-0.2, 0) is 9.47 Å². The Hall–Kier alpha value is -1.59. The van der Waals surface area contributed by atoms with E-state index in [0.29, 0.717) is 43.5 Å². The number of hydrogen-bond acceptors (Lipinski definition) is 5. The van der Waals surface area contributed by atoms with Crippen molar-refractivity contribution in [2.45, 2.75) is 13.3 Å². The van der Waals surface area contributed by atoms with Gasteiger partial charge in [0.05, 0.1) is 26.9 Å². The van der Waals surface area contributed by atoms with Crippen molar-refractivity contribution in [3.8, 4) is 11.5 Å². The Morgan fingerprint density at radius 3 is 2.45 bits per heavy atom. The molecule has 0 spiro atoms. The van der Waals surface area contributed by atoms with Crippen LogP contribution in [0.2, 0.25) is 0 Å². The van der Waals surface area contributed by atoms with Crippen LogP contribution in [0.4, 0.5) is 0 Å². The Kier molecular flexibility index (Phi) is 7.69. The minimum absolute atomic E-state index is 0.0752. The number of rotatable bonds is 10. The molecule has 0 N–H and O–H groups in total. The number of ether oxygens (including phenoxy) is 4. The molecule has 1 rings (SSSR count). The summed E-state index contributed by atoms with van der Waals surface area (Å²) >= 11 is 0. The summed E-state index contributed by atoms with van der Waals surface area (Å²) in [6.07, 6.45) is 0.748. The fourth-order valence-corrected chi connectivity index (χ4v) is 1.74. The van der Waals surface area contributed by atoms with Gasteiger partial charge in [0.15, 0.2) is 5.78 Å². The highest BCUT2D eigenvalue weighted by molar-refractivity contribution is 5.99. The maximum Gasteiger partial charge on any atom is 0.167 e. The van der Waals surface area contributed by atoms with Gasteiger partial charge in [-0.05, 0) is 19.1 Å². The number of benzene rings is 1. The Bertz CT molecular complexity index is 417. The number of ketones is 1. The smallest absolute Gasteiger partial charge is 0.167 e. The van der Waals surface area contributed by atoms with Gasteiger partial charge in [0.25, 0.3) is 0 Å². The van der Waals surface area contributed by atoms with Crippen LogP contribution in [0.15, 0.2) is 18.2 Å². The van der Waals surface area contributed by atoms with E-state index in [-0.39, 0.29) is 5.78 Å². The highest BCUT2D eigenvalue weighted by Gasteiger charge is 2.14. The van der Waals surface area contributed by atoms with Gasteiger partial charge in [-0.3, -0.25) is 4.79 Å². The SMILES string of the molecule is COCCOCCCOc1cccc(OC)c1C(C)=O. The lowest BCUT2D eigenvalue weighted by atomic mass is 10.1. The molecule has 0 aliphatic carbocycles. The molecule has 0 aliphatic heterocycles. The van der Waals surface area contributed by atoms with Gasteiger partial charge >= 0.3 is 0 Å². The number of carbonyl (C=O) groups excluding carboxylic acids is 1. The third-order valence-electron chi connectivity index (χ3n) is 2.68. The van der Waals surface area contributed by atoms with E-state index < -0.39 is 0 Å². The molecule has 112 valence electrons. The molecule has 0 radical (unpaired) electrons. The zero-order chi connectivity index (χ0) is 14.8. The Balaban J connectivity index is 2.45. The second-order valence-electron chi connectivity index (χ2n) is 4.20. The zero-order valence-corrected chi connectivity index (χ0v) is 12.3. The predicted octanol–water partition coefficient (Wildman–Crippen LogP) is 2.33. The van der Waals surface area contributed by atoms with E-state index in [4.69, 9.17) is 18.9 Å². The molecule has 0 fully saturated rings. The molecule has 0 aromatic heterocycles. The number of carbonyl (C=O) groups is 1. The first-order valence-electron chi connectivity index (χ1n) is 6.58. The minimum Gasteiger partial charge on any atom is -0.496 e. The lowest BCUT2D eigenvalue weighted by Crippen LogP contribution is -2.08. The van der Waals surface area contributed by atoms with Gasteiger partial charge in [-0.2, -0.15) is 0 Å². The van der Waals surface area contributed by atoms with Crippen LogP contribution >= 0.6 is 0 Å². The van der Waals surface area contributed by atoms with Crippen molar-refractivity contribution in [3.63, 3.8) is 0 Å². The topological polar surface area (TPSA) is 54.0 Å². The molecule has 20 heavy (non-hydrogen) atoms. The Labute approximate surface area is 119 Å². The summed E-state index contributed by atoms with van der Waals surface area (Å²) in [6.45, 7) is 3.75. The molecular weight excluding hydrogens is 260 g/mol. The molecule has 5 heteroatoms. The first-order chi connectivity index (χ1) is 9.70. The van der Waals surface area contributed by atoms with Crippen LogP contribution in [0.3, 0.4) is 0 Å². The van der Waals surface area contributed by atoms with Gasteiger partial charge in [-0.15, -0.1) is 0 Å². The largest absolute Gasteiger partial charge is 0.496 e. The summed E-state index contributed by atoms with van der Waals surface area (Å²) in [5.41, 5.74) is 0.482. The quantitative estimate of drug-likeness (QED) is 0.487. The standard InChI is InChI=1S/C15H22O5/c1-12(16)15-13(18-3)6-4-7-14(15)20-9-5-8-19-11-10-17-2/h4,6-7H,5,8-11H2,1-3H3. The molecule has 0 saturated carbocycles. The van der Waals surface area contributed by atoms with Crippen LogP contribution in [-0.4, -0.2) is 46.4 Å². The van der Waals surface area contributed by atoms with E-state index in [1.54, 1.807) is 25.3 Å². The highest BCUT2D eigenvalue weighted by Crippen LogP contribution is 2.28. The molecule has 1 aromatic rings. The van der Waals surface area contributed by atoms with E-state index >= 15 is 0 Å². The summed E-state index contributed by atoms with van der Waals surface area (Å²) in [5.74, 6) is 1.01.